The van der Waals surface area contributed by atoms with Gasteiger partial charge in [-0.3, -0.25) is 0 Å². The summed E-state index contributed by atoms with van der Waals surface area (Å²) in [5.41, 5.74) is 8.50. The molecular formula is C16H22N2OS. The number of nitrogens with zero attached hydrogens (tertiary/aromatic N) is 1. The molecule has 2 N–H and O–H groups in total. The number of aryl methyl sites for hydroxylation is 2. The van der Waals surface area contributed by atoms with E-state index in [1.54, 1.807) is 18.4 Å². The van der Waals surface area contributed by atoms with E-state index < -0.39 is 0 Å². The van der Waals surface area contributed by atoms with Crippen molar-refractivity contribution in [3.05, 3.63) is 45.4 Å². The zero-order chi connectivity index (χ0) is 14.8. The fourth-order valence-corrected chi connectivity index (χ4v) is 3.36. The first-order valence-electron chi connectivity index (χ1n) is 6.74. The average molecular weight is 290 g/mol. The SMILES string of the molecule is COc1ccc(CC(C)(N)Cc2nc(C)c(C)s2)cc1. The molecule has 0 fully saturated rings. The molecule has 20 heavy (non-hydrogen) atoms. The van der Waals surface area contributed by atoms with Crippen molar-refractivity contribution in [2.45, 2.75) is 39.2 Å². The minimum atomic E-state index is -0.286. The molecular weight excluding hydrogens is 268 g/mol. The van der Waals surface area contributed by atoms with Gasteiger partial charge in [-0.1, -0.05) is 12.1 Å². The van der Waals surface area contributed by atoms with Crippen LogP contribution in [0.1, 0.15) is 28.1 Å². The van der Waals surface area contributed by atoms with Gasteiger partial charge < -0.3 is 10.5 Å². The zero-order valence-corrected chi connectivity index (χ0v) is 13.4. The molecule has 0 saturated carbocycles. The second-order valence-electron chi connectivity index (χ2n) is 5.60. The molecule has 0 aliphatic carbocycles. The molecule has 108 valence electrons. The third kappa shape index (κ3) is 3.81. The van der Waals surface area contributed by atoms with E-state index in [0.717, 1.165) is 29.3 Å². The van der Waals surface area contributed by atoms with Gasteiger partial charge in [0.05, 0.1) is 17.8 Å². The molecule has 0 aliphatic heterocycles. The van der Waals surface area contributed by atoms with E-state index in [1.165, 1.54) is 10.4 Å². The number of nitrogens with two attached hydrogens (primary N) is 1. The Bertz CT molecular complexity index is 553. The number of hydrogen-bond donors (Lipinski definition) is 1. The van der Waals surface area contributed by atoms with Crippen LogP contribution in [0.4, 0.5) is 0 Å². The Labute approximate surface area is 124 Å². The molecule has 0 spiro atoms. The van der Waals surface area contributed by atoms with Crippen LogP contribution in [-0.2, 0) is 12.8 Å². The molecule has 0 saturated heterocycles. The molecule has 0 radical (unpaired) electrons. The summed E-state index contributed by atoms with van der Waals surface area (Å²) in [6.45, 7) is 6.24. The fourth-order valence-electron chi connectivity index (χ4n) is 2.23. The number of methoxy groups -OCH3 is 1. The lowest BCUT2D eigenvalue weighted by molar-refractivity contribution is 0.414. The quantitative estimate of drug-likeness (QED) is 0.919. The van der Waals surface area contributed by atoms with Crippen LogP contribution in [0, 0.1) is 13.8 Å². The van der Waals surface area contributed by atoms with Gasteiger partial charge >= 0.3 is 0 Å². The number of ether oxygens (including phenoxy) is 1. The van der Waals surface area contributed by atoms with Gasteiger partial charge in [-0.2, -0.15) is 0 Å². The van der Waals surface area contributed by atoms with E-state index in [0.29, 0.717) is 0 Å². The van der Waals surface area contributed by atoms with Crippen molar-refractivity contribution in [2.75, 3.05) is 7.11 Å². The summed E-state index contributed by atoms with van der Waals surface area (Å²) in [7, 11) is 1.68. The Balaban J connectivity index is 2.05. The highest BCUT2D eigenvalue weighted by Gasteiger charge is 2.22. The van der Waals surface area contributed by atoms with Gasteiger partial charge in [0.15, 0.2) is 0 Å². The van der Waals surface area contributed by atoms with Crippen molar-refractivity contribution in [3.8, 4) is 5.75 Å². The molecule has 0 amide bonds. The normalized spacial score (nSPS) is 14.1. The van der Waals surface area contributed by atoms with E-state index in [-0.39, 0.29) is 5.54 Å². The molecule has 2 aromatic rings. The highest BCUT2D eigenvalue weighted by molar-refractivity contribution is 7.11. The Hall–Kier alpha value is -1.39. The van der Waals surface area contributed by atoms with Crippen LogP contribution in [0.15, 0.2) is 24.3 Å². The van der Waals surface area contributed by atoms with E-state index in [9.17, 15) is 0 Å². The van der Waals surface area contributed by atoms with E-state index in [4.69, 9.17) is 10.5 Å². The molecule has 3 nitrogen and oxygen atoms in total. The van der Waals surface area contributed by atoms with Crippen LogP contribution in [-0.4, -0.2) is 17.6 Å². The number of hydrogen-bond acceptors (Lipinski definition) is 4. The monoisotopic (exact) mass is 290 g/mol. The maximum atomic E-state index is 6.45. The first kappa shape index (κ1) is 15.0. The van der Waals surface area contributed by atoms with Gasteiger partial charge in [0.1, 0.15) is 5.75 Å². The Morgan fingerprint density at radius 2 is 1.85 bits per heavy atom. The number of rotatable bonds is 5. The van der Waals surface area contributed by atoms with Crippen LogP contribution in [0.2, 0.25) is 0 Å². The van der Waals surface area contributed by atoms with Crippen molar-refractivity contribution in [1.82, 2.24) is 4.98 Å². The summed E-state index contributed by atoms with van der Waals surface area (Å²) < 4.78 is 5.17. The summed E-state index contributed by atoms with van der Waals surface area (Å²) in [5.74, 6) is 0.874. The summed E-state index contributed by atoms with van der Waals surface area (Å²) in [6.07, 6.45) is 1.63. The lowest BCUT2D eigenvalue weighted by Crippen LogP contribution is -2.40. The molecule has 1 heterocycles. The first-order valence-corrected chi connectivity index (χ1v) is 7.56. The van der Waals surface area contributed by atoms with Crippen LogP contribution >= 0.6 is 11.3 Å². The van der Waals surface area contributed by atoms with E-state index in [2.05, 4.69) is 31.0 Å². The van der Waals surface area contributed by atoms with Crippen LogP contribution in [0.25, 0.3) is 0 Å². The molecule has 2 rings (SSSR count). The maximum absolute atomic E-state index is 6.45. The van der Waals surface area contributed by atoms with Gasteiger partial charge in [-0.05, 0) is 44.9 Å². The smallest absolute Gasteiger partial charge is 0.118 e. The molecule has 1 aromatic carbocycles. The Morgan fingerprint density at radius 1 is 1.20 bits per heavy atom. The van der Waals surface area contributed by atoms with Crippen LogP contribution in [0.3, 0.4) is 0 Å². The van der Waals surface area contributed by atoms with Gasteiger partial charge in [-0.25, -0.2) is 4.98 Å². The Morgan fingerprint density at radius 3 is 2.35 bits per heavy atom. The highest BCUT2D eigenvalue weighted by Crippen LogP contribution is 2.23. The standard InChI is InChI=1S/C16H22N2OS/c1-11-12(2)20-15(18-11)10-16(3,17)9-13-5-7-14(19-4)8-6-13/h5-8H,9-10,17H2,1-4H3. The predicted octanol–water partition coefficient (Wildman–Crippen LogP) is 3.27. The number of aromatic nitrogens is 1. The lowest BCUT2D eigenvalue weighted by atomic mass is 9.91. The summed E-state index contributed by atoms with van der Waals surface area (Å²) in [6, 6.07) is 8.09. The molecule has 1 atom stereocenters. The number of benzene rings is 1. The summed E-state index contributed by atoms with van der Waals surface area (Å²) in [4.78, 5) is 5.86. The van der Waals surface area contributed by atoms with Gasteiger partial charge in [-0.15, -0.1) is 11.3 Å². The van der Waals surface area contributed by atoms with Crippen molar-refractivity contribution in [1.29, 1.82) is 0 Å². The third-order valence-electron chi connectivity index (χ3n) is 3.39. The highest BCUT2D eigenvalue weighted by atomic mass is 32.1. The van der Waals surface area contributed by atoms with Crippen LogP contribution in [0.5, 0.6) is 5.75 Å². The van der Waals surface area contributed by atoms with Crippen molar-refractivity contribution in [3.63, 3.8) is 0 Å². The molecule has 1 unspecified atom stereocenters. The number of thiazole rings is 1. The van der Waals surface area contributed by atoms with Crippen molar-refractivity contribution in [2.24, 2.45) is 5.73 Å². The zero-order valence-electron chi connectivity index (χ0n) is 12.6. The third-order valence-corrected chi connectivity index (χ3v) is 4.47. The minimum Gasteiger partial charge on any atom is -0.497 e. The second kappa shape index (κ2) is 5.94. The average Bonchev–Trinajstić information content (AvgIpc) is 2.67. The predicted molar refractivity (Wildman–Crippen MR) is 84.6 cm³/mol. The summed E-state index contributed by atoms with van der Waals surface area (Å²) >= 11 is 1.75. The molecule has 0 bridgehead atoms. The van der Waals surface area contributed by atoms with E-state index in [1.807, 2.05) is 19.1 Å². The van der Waals surface area contributed by atoms with Gasteiger partial charge in [0.2, 0.25) is 0 Å². The lowest BCUT2D eigenvalue weighted by Gasteiger charge is -2.23. The first-order chi connectivity index (χ1) is 9.39. The topological polar surface area (TPSA) is 48.1 Å². The summed E-state index contributed by atoms with van der Waals surface area (Å²) in [5, 5.41) is 1.12. The van der Waals surface area contributed by atoms with Gasteiger partial charge in [0.25, 0.3) is 0 Å². The van der Waals surface area contributed by atoms with Crippen molar-refractivity contribution < 1.29 is 4.74 Å². The minimum absolute atomic E-state index is 0.286. The van der Waals surface area contributed by atoms with Crippen molar-refractivity contribution >= 4 is 11.3 Å². The molecule has 1 aromatic heterocycles. The maximum Gasteiger partial charge on any atom is 0.118 e. The van der Waals surface area contributed by atoms with E-state index >= 15 is 0 Å². The molecule has 4 heteroatoms. The van der Waals surface area contributed by atoms with Gasteiger partial charge in [0, 0.05) is 16.8 Å². The van der Waals surface area contributed by atoms with Crippen LogP contribution < -0.4 is 10.5 Å². The second-order valence-corrected chi connectivity index (χ2v) is 6.89. The fraction of sp³-hybridized carbons (Fsp3) is 0.438. The largest absolute Gasteiger partial charge is 0.497 e. The Kier molecular flexibility index (Phi) is 4.45. The molecule has 0 aliphatic rings.